The van der Waals surface area contributed by atoms with Crippen LogP contribution in [0.3, 0.4) is 0 Å². The molecule has 2 heterocycles. The van der Waals surface area contributed by atoms with Gasteiger partial charge in [0, 0.05) is 35.8 Å². The van der Waals surface area contributed by atoms with Crippen molar-refractivity contribution in [2.75, 3.05) is 5.32 Å². The molecule has 24 heavy (non-hydrogen) atoms. The Bertz CT molecular complexity index is 935. The molecule has 7 heteroatoms. The van der Waals surface area contributed by atoms with Crippen LogP contribution in [0.1, 0.15) is 10.4 Å². The van der Waals surface area contributed by atoms with Crippen LogP contribution in [0.2, 0.25) is 0 Å². The van der Waals surface area contributed by atoms with E-state index < -0.39 is 23.1 Å². The topological polar surface area (TPSA) is 74.8 Å². The van der Waals surface area contributed by atoms with Crippen molar-refractivity contribution in [1.82, 2.24) is 9.97 Å². The highest BCUT2D eigenvalue weighted by atomic mass is 19.1. The van der Waals surface area contributed by atoms with Gasteiger partial charge in [-0.15, -0.1) is 0 Å². The third-order valence-corrected chi connectivity index (χ3v) is 3.29. The summed E-state index contributed by atoms with van der Waals surface area (Å²) in [7, 11) is 0. The minimum Gasteiger partial charge on any atom is -0.327 e. The lowest BCUT2D eigenvalue weighted by molar-refractivity contribution is 0.102. The largest absolute Gasteiger partial charge is 0.327 e. The summed E-state index contributed by atoms with van der Waals surface area (Å²) in [4.78, 5) is 30.4. The predicted molar refractivity (Wildman–Crippen MR) is 84.6 cm³/mol. The molecule has 120 valence electrons. The molecule has 3 aromatic rings. The molecular weight excluding hydrogens is 316 g/mol. The molecule has 0 aliphatic rings. The lowest BCUT2D eigenvalue weighted by atomic mass is 10.1. The van der Waals surface area contributed by atoms with Crippen LogP contribution in [0.25, 0.3) is 11.1 Å². The number of pyridine rings is 2. The van der Waals surface area contributed by atoms with Crippen LogP contribution in [0.4, 0.5) is 14.5 Å². The fraction of sp³-hybridized carbons (Fsp3) is 0. The molecule has 0 aliphatic carbocycles. The van der Waals surface area contributed by atoms with E-state index in [1.54, 1.807) is 24.5 Å². The Morgan fingerprint density at radius 2 is 1.67 bits per heavy atom. The van der Waals surface area contributed by atoms with Crippen molar-refractivity contribution in [3.8, 4) is 11.1 Å². The number of amides is 1. The minimum atomic E-state index is -0.875. The van der Waals surface area contributed by atoms with Crippen molar-refractivity contribution in [3.05, 3.63) is 82.5 Å². The van der Waals surface area contributed by atoms with E-state index in [1.807, 2.05) is 0 Å². The van der Waals surface area contributed by atoms with Gasteiger partial charge in [0.15, 0.2) is 0 Å². The first-order valence-electron chi connectivity index (χ1n) is 6.93. The van der Waals surface area contributed by atoms with Gasteiger partial charge in [-0.3, -0.25) is 14.6 Å². The number of hydrogen-bond donors (Lipinski definition) is 2. The normalized spacial score (nSPS) is 10.4. The summed E-state index contributed by atoms with van der Waals surface area (Å²) in [5.41, 5.74) is 0.657. The summed E-state index contributed by atoms with van der Waals surface area (Å²) in [5.74, 6) is -2.54. The Balaban J connectivity index is 1.92. The Labute approximate surface area is 135 Å². The standard InChI is InChI=1S/C17H11F2N3O2/c18-13-5-11(6-14(19)8-13)16(23)22-15-7-12(9-21-17(15)24)10-1-3-20-4-2-10/h1-9H,(H,21,24)(H,22,23). The van der Waals surface area contributed by atoms with E-state index in [4.69, 9.17) is 0 Å². The van der Waals surface area contributed by atoms with Crippen LogP contribution >= 0.6 is 0 Å². The maximum Gasteiger partial charge on any atom is 0.271 e. The van der Waals surface area contributed by atoms with Crippen LogP contribution in [0.5, 0.6) is 0 Å². The van der Waals surface area contributed by atoms with E-state index in [0.717, 1.165) is 17.7 Å². The maximum atomic E-state index is 13.2. The SMILES string of the molecule is O=C(Nc1cc(-c2ccncc2)c[nH]c1=O)c1cc(F)cc(F)c1. The van der Waals surface area contributed by atoms with Gasteiger partial charge >= 0.3 is 0 Å². The first-order chi connectivity index (χ1) is 11.5. The monoisotopic (exact) mass is 327 g/mol. The first-order valence-corrected chi connectivity index (χ1v) is 6.93. The van der Waals surface area contributed by atoms with Crippen LogP contribution in [0, 0.1) is 11.6 Å². The van der Waals surface area contributed by atoms with Crippen LogP contribution in [-0.4, -0.2) is 15.9 Å². The van der Waals surface area contributed by atoms with E-state index in [2.05, 4.69) is 15.3 Å². The van der Waals surface area contributed by atoms with E-state index in [0.29, 0.717) is 11.6 Å². The van der Waals surface area contributed by atoms with Crippen LogP contribution in [-0.2, 0) is 0 Å². The first kappa shape index (κ1) is 15.5. The van der Waals surface area contributed by atoms with Gasteiger partial charge in [-0.05, 0) is 35.9 Å². The Hall–Kier alpha value is -3.35. The second kappa shape index (κ2) is 6.41. The number of hydrogen-bond acceptors (Lipinski definition) is 3. The van der Waals surface area contributed by atoms with E-state index in [1.165, 1.54) is 12.3 Å². The summed E-state index contributed by atoms with van der Waals surface area (Å²) in [5, 5.41) is 2.36. The second-order valence-electron chi connectivity index (χ2n) is 4.98. The lowest BCUT2D eigenvalue weighted by Gasteiger charge is -2.07. The number of halogens is 2. The van der Waals surface area contributed by atoms with Gasteiger partial charge in [-0.25, -0.2) is 8.78 Å². The molecule has 1 amide bonds. The van der Waals surface area contributed by atoms with Gasteiger partial charge in [-0.1, -0.05) is 0 Å². The molecule has 5 nitrogen and oxygen atoms in total. The summed E-state index contributed by atoms with van der Waals surface area (Å²) < 4.78 is 26.4. The second-order valence-corrected chi connectivity index (χ2v) is 4.98. The van der Waals surface area contributed by atoms with Crippen molar-refractivity contribution in [2.24, 2.45) is 0 Å². The zero-order valence-electron chi connectivity index (χ0n) is 12.2. The number of carbonyl (C=O) groups is 1. The molecule has 0 saturated carbocycles. The summed E-state index contributed by atoms with van der Waals surface area (Å²) in [6, 6.07) is 7.39. The van der Waals surface area contributed by atoms with Crippen molar-refractivity contribution in [2.45, 2.75) is 0 Å². The average Bonchev–Trinajstić information content (AvgIpc) is 2.56. The maximum absolute atomic E-state index is 13.2. The highest BCUT2D eigenvalue weighted by Crippen LogP contribution is 2.19. The van der Waals surface area contributed by atoms with Gasteiger partial charge in [0.05, 0.1) is 0 Å². The zero-order chi connectivity index (χ0) is 17.1. The Morgan fingerprint density at radius 3 is 2.33 bits per heavy atom. The quantitative estimate of drug-likeness (QED) is 0.776. The number of anilines is 1. The zero-order valence-corrected chi connectivity index (χ0v) is 12.2. The number of rotatable bonds is 3. The third-order valence-electron chi connectivity index (χ3n) is 3.29. The molecule has 2 aromatic heterocycles. The molecule has 2 N–H and O–H groups in total. The predicted octanol–water partition coefficient (Wildman–Crippen LogP) is 2.97. The van der Waals surface area contributed by atoms with Gasteiger partial charge in [-0.2, -0.15) is 0 Å². The van der Waals surface area contributed by atoms with Crippen molar-refractivity contribution in [1.29, 1.82) is 0 Å². The van der Waals surface area contributed by atoms with Gasteiger partial charge in [0.25, 0.3) is 11.5 Å². The fourth-order valence-electron chi connectivity index (χ4n) is 2.17. The van der Waals surface area contributed by atoms with Crippen LogP contribution < -0.4 is 10.9 Å². The fourth-order valence-corrected chi connectivity index (χ4v) is 2.17. The molecule has 0 bridgehead atoms. The molecule has 0 unspecified atom stereocenters. The molecule has 0 saturated heterocycles. The number of aromatic amines is 1. The molecule has 0 atom stereocenters. The van der Waals surface area contributed by atoms with E-state index in [-0.39, 0.29) is 11.3 Å². The van der Waals surface area contributed by atoms with Crippen molar-refractivity contribution in [3.63, 3.8) is 0 Å². The molecule has 0 fully saturated rings. The van der Waals surface area contributed by atoms with Crippen LogP contribution in [0.15, 0.2) is 59.8 Å². The van der Waals surface area contributed by atoms with Crippen molar-refractivity contribution >= 4 is 11.6 Å². The number of aromatic nitrogens is 2. The molecular formula is C17H11F2N3O2. The van der Waals surface area contributed by atoms with E-state index in [9.17, 15) is 18.4 Å². The molecule has 0 aliphatic heterocycles. The Kier molecular flexibility index (Phi) is 4.15. The van der Waals surface area contributed by atoms with E-state index >= 15 is 0 Å². The molecule has 1 aromatic carbocycles. The summed E-state index contributed by atoms with van der Waals surface area (Å²) in [6.45, 7) is 0. The Morgan fingerprint density at radius 1 is 1.00 bits per heavy atom. The highest BCUT2D eigenvalue weighted by molar-refractivity contribution is 6.04. The average molecular weight is 327 g/mol. The number of nitrogens with one attached hydrogen (secondary N) is 2. The molecule has 0 spiro atoms. The number of benzene rings is 1. The minimum absolute atomic E-state index is 0.0287. The smallest absolute Gasteiger partial charge is 0.271 e. The highest BCUT2D eigenvalue weighted by Gasteiger charge is 2.12. The van der Waals surface area contributed by atoms with Crippen molar-refractivity contribution < 1.29 is 13.6 Å². The lowest BCUT2D eigenvalue weighted by Crippen LogP contribution is -2.20. The number of H-pyrrole nitrogens is 1. The molecule has 0 radical (unpaired) electrons. The van der Waals surface area contributed by atoms with Gasteiger partial charge in [0.1, 0.15) is 17.3 Å². The number of nitrogens with zero attached hydrogens (tertiary/aromatic N) is 1. The van der Waals surface area contributed by atoms with Gasteiger partial charge in [0.2, 0.25) is 0 Å². The molecule has 3 rings (SSSR count). The number of carbonyl (C=O) groups excluding carboxylic acids is 1. The third kappa shape index (κ3) is 3.35. The summed E-state index contributed by atoms with van der Waals surface area (Å²) >= 11 is 0. The van der Waals surface area contributed by atoms with Gasteiger partial charge < -0.3 is 10.3 Å². The summed E-state index contributed by atoms with van der Waals surface area (Å²) in [6.07, 6.45) is 4.68.